The molecule has 3 radical (unpaired) electrons. The molecule has 1 fully saturated rings. The summed E-state index contributed by atoms with van der Waals surface area (Å²) >= 11 is 1.76. The van der Waals surface area contributed by atoms with Crippen molar-refractivity contribution in [2.45, 2.75) is 71.4 Å². The average molecular weight is 468 g/mol. The fourth-order valence-electron chi connectivity index (χ4n) is 2.89. The summed E-state index contributed by atoms with van der Waals surface area (Å²) < 4.78 is 7.57. The first-order valence-electron chi connectivity index (χ1n) is 9.15. The Kier molecular flexibility index (Phi) is 10.00. The van der Waals surface area contributed by atoms with Crippen molar-refractivity contribution in [3.8, 4) is 0 Å². The predicted octanol–water partition coefficient (Wildman–Crippen LogP) is 6.33. The van der Waals surface area contributed by atoms with Crippen molar-refractivity contribution in [1.29, 1.82) is 0 Å². The third kappa shape index (κ3) is 8.92. The van der Waals surface area contributed by atoms with Crippen molar-refractivity contribution >= 4 is 45.7 Å². The minimum atomic E-state index is -1.52. The van der Waals surface area contributed by atoms with E-state index in [1.165, 1.54) is 46.9 Å². The van der Waals surface area contributed by atoms with Crippen LogP contribution in [0.25, 0.3) is 5.57 Å². The first-order valence-corrected chi connectivity index (χ1v) is 16.8. The second-order valence-corrected chi connectivity index (χ2v) is 16.7. The van der Waals surface area contributed by atoms with Gasteiger partial charge in [-0.25, -0.2) is 0 Å². The molecule has 2 rings (SSSR count). The minimum absolute atomic E-state index is 0.120. The Bertz CT molecular complexity index is 497. The van der Waals surface area contributed by atoms with Crippen LogP contribution in [-0.4, -0.2) is 40.1 Å². The van der Waals surface area contributed by atoms with Crippen molar-refractivity contribution in [3.63, 3.8) is 0 Å². The Hall–Kier alpha value is 0.0119. The Morgan fingerprint density at radius 1 is 1.00 bits per heavy atom. The molecule has 1 aromatic rings. The minimum Gasteiger partial charge on any atom is -0.0715 e. The Balaban J connectivity index is 0.000000648. The molecule has 0 heterocycles. The number of rotatable bonds is 4. The quantitative estimate of drug-likeness (QED) is 0.371. The van der Waals surface area contributed by atoms with E-state index in [1.807, 2.05) is 0 Å². The Morgan fingerprint density at radius 2 is 1.50 bits per heavy atom. The molecule has 0 unspecified atom stereocenters. The predicted molar refractivity (Wildman–Crippen MR) is 113 cm³/mol. The van der Waals surface area contributed by atoms with E-state index < -0.39 is 8.32 Å². The molecule has 1 aliphatic carbocycles. The van der Waals surface area contributed by atoms with E-state index >= 15 is 0 Å². The van der Waals surface area contributed by atoms with Crippen LogP contribution in [0.1, 0.15) is 37.7 Å². The molecular weight excluding hydrogens is 434 g/mol. The molecule has 1 nitrogen and oxygen atoms in total. The molecule has 1 aliphatic rings. The summed E-state index contributed by atoms with van der Waals surface area (Å²) in [6.07, 6.45) is 6.78. The van der Waals surface area contributed by atoms with Gasteiger partial charge in [0.25, 0.3) is 0 Å². The topological polar surface area (TPSA) is 9.23 Å². The molecule has 133 valence electrons. The molecule has 0 N–H and O–H groups in total. The molecule has 0 aliphatic heterocycles. The van der Waals surface area contributed by atoms with Gasteiger partial charge in [0.1, 0.15) is 0 Å². The van der Waals surface area contributed by atoms with Gasteiger partial charge < -0.3 is 0 Å². The third-order valence-electron chi connectivity index (χ3n) is 3.73. The zero-order valence-electron chi connectivity index (χ0n) is 16.4. The van der Waals surface area contributed by atoms with E-state index in [1.54, 1.807) is 23.0 Å². The van der Waals surface area contributed by atoms with Gasteiger partial charge in [0.15, 0.2) is 0 Å². The van der Waals surface area contributed by atoms with Crippen LogP contribution in [-0.2, 0) is 4.43 Å². The van der Waals surface area contributed by atoms with Crippen molar-refractivity contribution in [1.82, 2.24) is 0 Å². The molecule has 0 amide bonds. The Labute approximate surface area is 166 Å². The average Bonchev–Trinajstić information content (AvgIpc) is 2.47. The summed E-state index contributed by atoms with van der Waals surface area (Å²) in [6.45, 7) is 13.6. The first kappa shape index (κ1) is 22.1. The molecule has 0 aromatic heterocycles. The summed E-state index contributed by atoms with van der Waals surface area (Å²) in [4.78, 5) is 0. The van der Waals surface area contributed by atoms with Crippen molar-refractivity contribution < 1.29 is 4.43 Å². The van der Waals surface area contributed by atoms with Gasteiger partial charge in [-0.15, -0.1) is 0 Å². The maximum Gasteiger partial charge on any atom is 0.0379 e. The van der Waals surface area contributed by atoms with Crippen molar-refractivity contribution in [2.24, 2.45) is 5.92 Å². The molecule has 1 saturated carbocycles. The zero-order valence-corrected chi connectivity index (χ0v) is 20.9. The van der Waals surface area contributed by atoms with Crippen LogP contribution >= 0.6 is 0 Å². The zero-order chi connectivity index (χ0) is 18.2. The summed E-state index contributed by atoms with van der Waals surface area (Å²) in [7, 11) is -1.40. The van der Waals surface area contributed by atoms with Gasteiger partial charge in [0.05, 0.1) is 0 Å². The fourth-order valence-corrected chi connectivity index (χ4v) is 6.81. The van der Waals surface area contributed by atoms with E-state index in [0.717, 1.165) is 0 Å². The van der Waals surface area contributed by atoms with Crippen molar-refractivity contribution in [3.05, 3.63) is 39.6 Å². The molecule has 4 heteroatoms. The van der Waals surface area contributed by atoms with Gasteiger partial charge >= 0.3 is 139 Å². The van der Waals surface area contributed by atoms with Crippen LogP contribution in [0.15, 0.2) is 34.0 Å². The maximum atomic E-state index is 6.35. The summed E-state index contributed by atoms with van der Waals surface area (Å²) in [5.41, 5.74) is 2.86. The molecule has 0 atom stereocenters. The van der Waals surface area contributed by atoms with E-state index in [9.17, 15) is 0 Å². The van der Waals surface area contributed by atoms with Gasteiger partial charge in [-0.1, -0.05) is 19.6 Å². The van der Waals surface area contributed by atoms with Gasteiger partial charge in [0, 0.05) is 8.80 Å². The van der Waals surface area contributed by atoms with Crippen LogP contribution in [0.3, 0.4) is 0 Å². The van der Waals surface area contributed by atoms with Gasteiger partial charge in [-0.3, -0.25) is 0 Å². The van der Waals surface area contributed by atoms with Crippen LogP contribution in [0.2, 0.25) is 39.3 Å². The Morgan fingerprint density at radius 3 is 1.96 bits per heavy atom. The van der Waals surface area contributed by atoms with Gasteiger partial charge in [-0.05, 0) is 0 Å². The van der Waals surface area contributed by atoms with E-state index in [4.69, 9.17) is 4.43 Å². The van der Waals surface area contributed by atoms with Crippen LogP contribution < -0.4 is 0 Å². The number of allylic oxidation sites excluding steroid dienone is 1. The van der Waals surface area contributed by atoms with Crippen LogP contribution in [0.4, 0.5) is 0 Å². The second-order valence-electron chi connectivity index (χ2n) is 8.13. The largest absolute Gasteiger partial charge is 0.0715 e. The van der Waals surface area contributed by atoms with E-state index in [-0.39, 0.29) is 8.80 Å². The molecule has 0 saturated heterocycles. The van der Waals surface area contributed by atoms with Crippen LogP contribution in [0.5, 0.6) is 0 Å². The van der Waals surface area contributed by atoms with Crippen LogP contribution in [0, 0.1) is 5.92 Å². The third-order valence-corrected chi connectivity index (χ3v) is 6.01. The number of hydrogen-bond acceptors (Lipinski definition) is 1. The smallest absolute Gasteiger partial charge is 0.0379 e. The maximum absolute atomic E-state index is 6.35. The fraction of sp³-hybridized carbons (Fsp3) is 0.600. The SMILES string of the molecule is C[Si](C)(C)O/[C]([Sb])=C(/c1ccccc1)C1CCCCC1.C[Si](C)C. The normalized spacial score (nSPS) is 17.0. The molecule has 0 spiro atoms. The van der Waals surface area contributed by atoms with E-state index in [2.05, 4.69) is 69.6 Å². The molecular formula is C20H34OSbSi2. The number of hydrogen-bond donors (Lipinski definition) is 0. The monoisotopic (exact) mass is 467 g/mol. The van der Waals surface area contributed by atoms with Gasteiger partial charge in [-0.2, -0.15) is 0 Å². The summed E-state index contributed by atoms with van der Waals surface area (Å²) in [5, 5.41) is 0. The second kappa shape index (κ2) is 10.9. The number of benzene rings is 1. The van der Waals surface area contributed by atoms with Crippen molar-refractivity contribution in [2.75, 3.05) is 0 Å². The first-order chi connectivity index (χ1) is 11.2. The van der Waals surface area contributed by atoms with E-state index in [0.29, 0.717) is 5.92 Å². The molecule has 24 heavy (non-hydrogen) atoms. The summed E-state index contributed by atoms with van der Waals surface area (Å²) in [6, 6.07) is 10.9. The molecule has 1 aromatic carbocycles. The standard InChI is InChI=1S/C17H25OSi.C3H9Si.Sb/c1-19(2,3)18-14-17(15-10-6-4-7-11-15)16-12-8-5-9-13-16;1-4(2)3;/h4,6-7,10-11,16H,5,8-9,12-13H2,1-3H3;1-3H3;. The molecule has 0 bridgehead atoms. The van der Waals surface area contributed by atoms with Gasteiger partial charge in [0.2, 0.25) is 0 Å². The summed E-state index contributed by atoms with van der Waals surface area (Å²) in [5.74, 6) is 0.695.